The lowest BCUT2D eigenvalue weighted by molar-refractivity contribution is -0.123. The SMILES string of the molecule is C[C@@H](NC(=O)C(N)c1cccs1)c1cccc(Cl)c1. The Bertz CT molecular complexity index is 556. The second-order valence-electron chi connectivity index (χ2n) is 4.28. The van der Waals surface area contributed by atoms with Crippen LogP contribution in [0, 0.1) is 0 Å². The summed E-state index contributed by atoms with van der Waals surface area (Å²) in [5, 5.41) is 5.45. The second-order valence-corrected chi connectivity index (χ2v) is 5.69. The van der Waals surface area contributed by atoms with Crippen LogP contribution in [0.1, 0.15) is 29.4 Å². The quantitative estimate of drug-likeness (QED) is 0.909. The van der Waals surface area contributed by atoms with Gasteiger partial charge in [0.1, 0.15) is 6.04 Å². The predicted molar refractivity (Wildman–Crippen MR) is 79.3 cm³/mol. The molecule has 2 aromatic rings. The summed E-state index contributed by atoms with van der Waals surface area (Å²) >= 11 is 7.41. The van der Waals surface area contributed by atoms with Crippen LogP contribution < -0.4 is 11.1 Å². The van der Waals surface area contributed by atoms with Gasteiger partial charge in [0.25, 0.3) is 0 Å². The third kappa shape index (κ3) is 3.56. The molecule has 100 valence electrons. The molecule has 0 bridgehead atoms. The van der Waals surface area contributed by atoms with Gasteiger partial charge in [0.15, 0.2) is 0 Å². The summed E-state index contributed by atoms with van der Waals surface area (Å²) in [4.78, 5) is 12.9. The van der Waals surface area contributed by atoms with Crippen molar-refractivity contribution < 1.29 is 4.79 Å². The average molecular weight is 295 g/mol. The molecule has 1 aromatic carbocycles. The Hall–Kier alpha value is -1.36. The van der Waals surface area contributed by atoms with E-state index in [1.54, 1.807) is 6.07 Å². The molecule has 1 aromatic heterocycles. The van der Waals surface area contributed by atoms with Gasteiger partial charge < -0.3 is 11.1 Å². The van der Waals surface area contributed by atoms with Crippen molar-refractivity contribution in [1.29, 1.82) is 0 Å². The Morgan fingerprint density at radius 3 is 2.79 bits per heavy atom. The van der Waals surface area contributed by atoms with Gasteiger partial charge in [0, 0.05) is 9.90 Å². The number of carbonyl (C=O) groups excluding carboxylic acids is 1. The minimum Gasteiger partial charge on any atom is -0.348 e. The highest BCUT2D eigenvalue weighted by Gasteiger charge is 2.19. The number of nitrogens with one attached hydrogen (secondary N) is 1. The highest BCUT2D eigenvalue weighted by atomic mass is 35.5. The Balaban J connectivity index is 2.03. The van der Waals surface area contributed by atoms with E-state index < -0.39 is 6.04 Å². The normalized spacial score (nSPS) is 13.8. The number of hydrogen-bond donors (Lipinski definition) is 2. The molecule has 0 fully saturated rings. The van der Waals surface area contributed by atoms with Crippen molar-refractivity contribution in [2.24, 2.45) is 5.73 Å². The first-order valence-electron chi connectivity index (χ1n) is 5.93. The van der Waals surface area contributed by atoms with Crippen molar-refractivity contribution in [3.05, 3.63) is 57.2 Å². The van der Waals surface area contributed by atoms with Crippen molar-refractivity contribution in [2.75, 3.05) is 0 Å². The zero-order valence-electron chi connectivity index (χ0n) is 10.5. The molecule has 0 spiro atoms. The number of halogens is 1. The number of hydrogen-bond acceptors (Lipinski definition) is 3. The van der Waals surface area contributed by atoms with E-state index in [0.717, 1.165) is 10.4 Å². The van der Waals surface area contributed by atoms with Crippen LogP contribution >= 0.6 is 22.9 Å². The molecule has 3 nitrogen and oxygen atoms in total. The van der Waals surface area contributed by atoms with Gasteiger partial charge in [-0.3, -0.25) is 4.79 Å². The summed E-state index contributed by atoms with van der Waals surface area (Å²) in [5.74, 6) is -0.185. The van der Waals surface area contributed by atoms with Crippen LogP contribution in [0.5, 0.6) is 0 Å². The molecule has 0 saturated heterocycles. The monoisotopic (exact) mass is 294 g/mol. The van der Waals surface area contributed by atoms with E-state index in [2.05, 4.69) is 5.32 Å². The van der Waals surface area contributed by atoms with Gasteiger partial charge >= 0.3 is 0 Å². The van der Waals surface area contributed by atoms with Crippen molar-refractivity contribution in [2.45, 2.75) is 19.0 Å². The minimum absolute atomic E-state index is 0.128. The molecule has 2 rings (SSSR count). The first-order valence-corrected chi connectivity index (χ1v) is 7.18. The minimum atomic E-state index is -0.623. The fourth-order valence-corrected chi connectivity index (χ4v) is 2.68. The topological polar surface area (TPSA) is 55.1 Å². The van der Waals surface area contributed by atoms with Crippen LogP contribution in [-0.2, 0) is 4.79 Å². The van der Waals surface area contributed by atoms with E-state index in [9.17, 15) is 4.79 Å². The molecule has 1 unspecified atom stereocenters. The molecule has 2 atom stereocenters. The lowest BCUT2D eigenvalue weighted by Gasteiger charge is -2.17. The third-order valence-corrected chi connectivity index (χ3v) is 4.03. The molecule has 5 heteroatoms. The Labute approximate surface area is 121 Å². The fraction of sp³-hybridized carbons (Fsp3) is 0.214. The first kappa shape index (κ1) is 14.1. The van der Waals surface area contributed by atoms with E-state index in [1.807, 2.05) is 42.6 Å². The number of rotatable bonds is 4. The summed E-state index contributed by atoms with van der Waals surface area (Å²) in [5.41, 5.74) is 6.87. The molecule has 1 amide bonds. The number of carbonyl (C=O) groups is 1. The second kappa shape index (κ2) is 6.19. The van der Waals surface area contributed by atoms with Gasteiger partial charge in [0.2, 0.25) is 5.91 Å². The molecule has 0 aliphatic heterocycles. The summed E-state index contributed by atoms with van der Waals surface area (Å²) in [6.45, 7) is 1.91. The van der Waals surface area contributed by atoms with Crippen LogP contribution in [0.2, 0.25) is 5.02 Å². The van der Waals surface area contributed by atoms with E-state index in [-0.39, 0.29) is 11.9 Å². The summed E-state index contributed by atoms with van der Waals surface area (Å²) in [6.07, 6.45) is 0. The van der Waals surface area contributed by atoms with E-state index in [4.69, 9.17) is 17.3 Å². The number of amides is 1. The molecular formula is C14H15ClN2OS. The van der Waals surface area contributed by atoms with Crippen molar-refractivity contribution in [3.8, 4) is 0 Å². The van der Waals surface area contributed by atoms with Crippen LogP contribution in [0.15, 0.2) is 41.8 Å². The summed E-state index contributed by atoms with van der Waals surface area (Å²) in [6, 6.07) is 10.4. The summed E-state index contributed by atoms with van der Waals surface area (Å²) in [7, 11) is 0. The zero-order valence-corrected chi connectivity index (χ0v) is 12.0. The fourth-order valence-electron chi connectivity index (χ4n) is 1.76. The van der Waals surface area contributed by atoms with Crippen LogP contribution in [0.25, 0.3) is 0 Å². The lowest BCUT2D eigenvalue weighted by Crippen LogP contribution is -2.35. The van der Waals surface area contributed by atoms with Gasteiger partial charge in [0.05, 0.1) is 6.04 Å². The van der Waals surface area contributed by atoms with Gasteiger partial charge in [-0.15, -0.1) is 11.3 Å². The first-order chi connectivity index (χ1) is 9.08. The van der Waals surface area contributed by atoms with E-state index in [1.165, 1.54) is 11.3 Å². The third-order valence-electron chi connectivity index (χ3n) is 2.84. The van der Waals surface area contributed by atoms with Gasteiger partial charge in [-0.05, 0) is 36.1 Å². The van der Waals surface area contributed by atoms with Crippen molar-refractivity contribution >= 4 is 28.8 Å². The van der Waals surface area contributed by atoms with Gasteiger partial charge in [-0.2, -0.15) is 0 Å². The molecule has 3 N–H and O–H groups in total. The molecule has 0 aliphatic carbocycles. The standard InChI is InChI=1S/C14H15ClN2OS/c1-9(10-4-2-5-11(15)8-10)17-14(18)13(16)12-6-3-7-19-12/h2-9,13H,16H2,1H3,(H,17,18)/t9-,13?/m1/s1. The van der Waals surface area contributed by atoms with Crippen LogP contribution in [-0.4, -0.2) is 5.91 Å². The molecule has 19 heavy (non-hydrogen) atoms. The van der Waals surface area contributed by atoms with Crippen LogP contribution in [0.4, 0.5) is 0 Å². The zero-order chi connectivity index (χ0) is 13.8. The van der Waals surface area contributed by atoms with Gasteiger partial charge in [-0.25, -0.2) is 0 Å². The Kier molecular flexibility index (Phi) is 4.58. The maximum atomic E-state index is 12.0. The van der Waals surface area contributed by atoms with Crippen molar-refractivity contribution in [3.63, 3.8) is 0 Å². The maximum absolute atomic E-state index is 12.0. The van der Waals surface area contributed by atoms with Gasteiger partial charge in [-0.1, -0.05) is 29.8 Å². The molecule has 0 aliphatic rings. The number of nitrogens with two attached hydrogens (primary N) is 1. The van der Waals surface area contributed by atoms with Crippen LogP contribution in [0.3, 0.4) is 0 Å². The number of thiophene rings is 1. The van der Waals surface area contributed by atoms with Crippen molar-refractivity contribution in [1.82, 2.24) is 5.32 Å². The molecule has 0 radical (unpaired) electrons. The van der Waals surface area contributed by atoms with E-state index in [0.29, 0.717) is 5.02 Å². The Morgan fingerprint density at radius 2 is 2.16 bits per heavy atom. The highest BCUT2D eigenvalue weighted by molar-refractivity contribution is 7.10. The largest absolute Gasteiger partial charge is 0.348 e. The van der Waals surface area contributed by atoms with E-state index >= 15 is 0 Å². The predicted octanol–water partition coefficient (Wildman–Crippen LogP) is 3.28. The smallest absolute Gasteiger partial charge is 0.242 e. The average Bonchev–Trinajstić information content (AvgIpc) is 2.91. The summed E-state index contributed by atoms with van der Waals surface area (Å²) < 4.78 is 0. The maximum Gasteiger partial charge on any atom is 0.242 e. The molecule has 1 heterocycles. The highest BCUT2D eigenvalue weighted by Crippen LogP contribution is 2.20. The Morgan fingerprint density at radius 1 is 1.37 bits per heavy atom. The molecular weight excluding hydrogens is 280 g/mol. The lowest BCUT2D eigenvalue weighted by atomic mass is 10.1. The molecule has 0 saturated carbocycles. The number of benzene rings is 1.